The number of halogens is 2. The standard InChI is InChI=1S/C20H21F2N3O4/c1-20(2)9-12(11-4-5-13(21)15(22)16(11)28-3)17(29-20)19(27)25-10-6-7-24-14(8-10)18(23)26/h4-8,12,17H,9H2,1-3H3,(H2,23,26)(H,24,25,27)/t12-,17-/m1/s1. The number of benzene rings is 1. The molecule has 1 aliphatic rings. The molecule has 0 radical (unpaired) electrons. The van der Waals surface area contributed by atoms with Gasteiger partial charge in [-0.25, -0.2) is 4.39 Å². The molecule has 0 unspecified atom stereocenters. The maximum atomic E-state index is 14.2. The molecule has 2 atom stereocenters. The maximum Gasteiger partial charge on any atom is 0.267 e. The quantitative estimate of drug-likeness (QED) is 0.796. The van der Waals surface area contributed by atoms with Crippen LogP contribution in [0.3, 0.4) is 0 Å². The Bertz CT molecular complexity index is 965. The third kappa shape index (κ3) is 4.19. The van der Waals surface area contributed by atoms with Gasteiger partial charge in [0.05, 0.1) is 12.7 Å². The van der Waals surface area contributed by atoms with Crippen LogP contribution in [0.1, 0.15) is 42.2 Å². The van der Waals surface area contributed by atoms with Crippen LogP contribution < -0.4 is 15.8 Å². The second-order valence-electron chi connectivity index (χ2n) is 7.38. The average molecular weight is 405 g/mol. The molecule has 3 N–H and O–H groups in total. The minimum absolute atomic E-state index is 0.00528. The molecule has 0 aliphatic carbocycles. The molecule has 0 saturated carbocycles. The molecule has 154 valence electrons. The minimum Gasteiger partial charge on any atom is -0.493 e. The van der Waals surface area contributed by atoms with E-state index in [1.807, 2.05) is 0 Å². The Morgan fingerprint density at radius 1 is 1.31 bits per heavy atom. The molecule has 0 spiro atoms. The van der Waals surface area contributed by atoms with Crippen LogP contribution in [0.4, 0.5) is 14.5 Å². The van der Waals surface area contributed by atoms with Gasteiger partial charge >= 0.3 is 0 Å². The zero-order valence-corrected chi connectivity index (χ0v) is 16.2. The number of methoxy groups -OCH3 is 1. The molecule has 2 heterocycles. The second-order valence-corrected chi connectivity index (χ2v) is 7.38. The van der Waals surface area contributed by atoms with Gasteiger partial charge in [0, 0.05) is 23.4 Å². The van der Waals surface area contributed by atoms with Crippen molar-refractivity contribution in [3.63, 3.8) is 0 Å². The van der Waals surface area contributed by atoms with Gasteiger partial charge in [0.2, 0.25) is 5.82 Å². The Labute approximate surface area is 166 Å². The highest BCUT2D eigenvalue weighted by atomic mass is 19.2. The van der Waals surface area contributed by atoms with Crippen molar-refractivity contribution >= 4 is 17.5 Å². The van der Waals surface area contributed by atoms with E-state index in [-0.39, 0.29) is 11.4 Å². The average Bonchev–Trinajstić information content (AvgIpc) is 2.99. The first-order valence-corrected chi connectivity index (χ1v) is 8.89. The van der Waals surface area contributed by atoms with E-state index in [9.17, 15) is 18.4 Å². The van der Waals surface area contributed by atoms with Crippen molar-refractivity contribution in [1.29, 1.82) is 0 Å². The van der Waals surface area contributed by atoms with Gasteiger partial charge in [0.1, 0.15) is 11.8 Å². The smallest absolute Gasteiger partial charge is 0.267 e. The lowest BCUT2D eigenvalue weighted by atomic mass is 9.86. The van der Waals surface area contributed by atoms with Gasteiger partial charge in [-0.1, -0.05) is 6.07 Å². The van der Waals surface area contributed by atoms with Crippen molar-refractivity contribution in [1.82, 2.24) is 4.98 Å². The molecule has 1 aromatic carbocycles. The first-order chi connectivity index (χ1) is 13.6. The van der Waals surface area contributed by atoms with Crippen LogP contribution in [0.15, 0.2) is 30.5 Å². The largest absolute Gasteiger partial charge is 0.493 e. The predicted octanol–water partition coefficient (Wildman–Crippen LogP) is 2.76. The maximum absolute atomic E-state index is 14.2. The number of hydrogen-bond donors (Lipinski definition) is 2. The number of aromatic nitrogens is 1. The van der Waals surface area contributed by atoms with Gasteiger partial charge in [0.25, 0.3) is 11.8 Å². The molecule has 2 amide bonds. The first-order valence-electron chi connectivity index (χ1n) is 8.89. The normalized spacial score (nSPS) is 20.3. The van der Waals surface area contributed by atoms with E-state index < -0.39 is 41.1 Å². The number of carbonyl (C=O) groups is 2. The van der Waals surface area contributed by atoms with Crippen LogP contribution in [0.5, 0.6) is 5.75 Å². The molecule has 1 aromatic heterocycles. The van der Waals surface area contributed by atoms with Crippen molar-refractivity contribution in [2.24, 2.45) is 5.73 Å². The lowest BCUT2D eigenvalue weighted by Gasteiger charge is -2.21. The number of pyridine rings is 1. The summed E-state index contributed by atoms with van der Waals surface area (Å²) in [5.41, 5.74) is 5.17. The van der Waals surface area contributed by atoms with E-state index in [1.54, 1.807) is 13.8 Å². The highest BCUT2D eigenvalue weighted by molar-refractivity contribution is 5.97. The van der Waals surface area contributed by atoms with Gasteiger partial charge in [-0.3, -0.25) is 14.6 Å². The number of nitrogens with one attached hydrogen (secondary N) is 1. The number of anilines is 1. The predicted molar refractivity (Wildman–Crippen MR) is 101 cm³/mol. The summed E-state index contributed by atoms with van der Waals surface area (Å²) in [6.45, 7) is 3.61. The van der Waals surface area contributed by atoms with Crippen LogP contribution in [0.25, 0.3) is 0 Å². The van der Waals surface area contributed by atoms with E-state index in [0.29, 0.717) is 17.7 Å². The van der Waals surface area contributed by atoms with Gasteiger partial charge in [-0.05, 0) is 38.5 Å². The molecule has 7 nitrogen and oxygen atoms in total. The van der Waals surface area contributed by atoms with E-state index in [4.69, 9.17) is 15.2 Å². The van der Waals surface area contributed by atoms with Crippen LogP contribution in [0.2, 0.25) is 0 Å². The fourth-order valence-corrected chi connectivity index (χ4v) is 3.52. The molecule has 0 bridgehead atoms. The Morgan fingerprint density at radius 3 is 2.69 bits per heavy atom. The summed E-state index contributed by atoms with van der Waals surface area (Å²) in [6.07, 6.45) is 0.731. The topological polar surface area (TPSA) is 104 Å². The third-order valence-electron chi connectivity index (χ3n) is 4.75. The van der Waals surface area contributed by atoms with Crippen molar-refractivity contribution in [2.75, 3.05) is 12.4 Å². The van der Waals surface area contributed by atoms with Crippen LogP contribution in [-0.4, -0.2) is 35.6 Å². The molecule has 2 aromatic rings. The summed E-state index contributed by atoms with van der Waals surface area (Å²) < 4.78 is 38.8. The first kappa shape index (κ1) is 20.7. The molecular weight excluding hydrogens is 384 g/mol. The molecule has 1 saturated heterocycles. The monoisotopic (exact) mass is 405 g/mol. The fraction of sp³-hybridized carbons (Fsp3) is 0.350. The molecule has 1 fully saturated rings. The van der Waals surface area contributed by atoms with Crippen LogP contribution in [0, 0.1) is 11.6 Å². The number of rotatable bonds is 5. The van der Waals surface area contributed by atoms with Gasteiger partial charge in [-0.2, -0.15) is 4.39 Å². The Morgan fingerprint density at radius 2 is 2.03 bits per heavy atom. The number of amides is 2. The molecular formula is C20H21F2N3O4. The summed E-state index contributed by atoms with van der Waals surface area (Å²) in [4.78, 5) is 28.0. The summed E-state index contributed by atoms with van der Waals surface area (Å²) in [7, 11) is 1.24. The van der Waals surface area contributed by atoms with Crippen LogP contribution in [-0.2, 0) is 9.53 Å². The van der Waals surface area contributed by atoms with Crippen molar-refractivity contribution in [3.8, 4) is 5.75 Å². The number of nitrogens with two attached hydrogens (primary N) is 1. The molecule has 1 aliphatic heterocycles. The van der Waals surface area contributed by atoms with Crippen molar-refractivity contribution < 1.29 is 27.8 Å². The van der Waals surface area contributed by atoms with Gasteiger partial charge in [0.15, 0.2) is 11.6 Å². The molecule has 29 heavy (non-hydrogen) atoms. The number of nitrogens with zero attached hydrogens (tertiary/aromatic N) is 1. The number of primary amides is 1. The highest BCUT2D eigenvalue weighted by Gasteiger charge is 2.46. The highest BCUT2D eigenvalue weighted by Crippen LogP contribution is 2.45. The zero-order valence-electron chi connectivity index (χ0n) is 16.2. The fourth-order valence-electron chi connectivity index (χ4n) is 3.52. The minimum atomic E-state index is -1.12. The number of ether oxygens (including phenoxy) is 2. The Balaban J connectivity index is 1.93. The summed E-state index contributed by atoms with van der Waals surface area (Å²) in [5.74, 6) is -4.23. The lowest BCUT2D eigenvalue weighted by molar-refractivity contribution is -0.130. The van der Waals surface area contributed by atoms with E-state index in [1.165, 1.54) is 31.5 Å². The SMILES string of the molecule is COc1c([C@H]2CC(C)(C)O[C@H]2C(=O)Nc2ccnc(C(N)=O)c2)ccc(F)c1F. The molecule has 9 heteroatoms. The Hall–Kier alpha value is -3.07. The number of hydrogen-bond acceptors (Lipinski definition) is 5. The Kier molecular flexibility index (Phi) is 5.52. The van der Waals surface area contributed by atoms with Gasteiger partial charge < -0.3 is 20.5 Å². The molecule has 3 rings (SSSR count). The van der Waals surface area contributed by atoms with E-state index in [2.05, 4.69) is 10.3 Å². The second kappa shape index (κ2) is 7.75. The van der Waals surface area contributed by atoms with Crippen molar-refractivity contribution in [2.45, 2.75) is 37.9 Å². The number of carbonyl (C=O) groups excluding carboxylic acids is 2. The van der Waals surface area contributed by atoms with E-state index in [0.717, 1.165) is 6.07 Å². The van der Waals surface area contributed by atoms with E-state index >= 15 is 0 Å². The van der Waals surface area contributed by atoms with Crippen molar-refractivity contribution in [3.05, 3.63) is 53.4 Å². The summed E-state index contributed by atoms with van der Waals surface area (Å²) >= 11 is 0. The zero-order chi connectivity index (χ0) is 21.3. The van der Waals surface area contributed by atoms with Gasteiger partial charge in [-0.15, -0.1) is 0 Å². The lowest BCUT2D eigenvalue weighted by Crippen LogP contribution is -2.33. The summed E-state index contributed by atoms with van der Waals surface area (Å²) in [6, 6.07) is 5.23. The summed E-state index contributed by atoms with van der Waals surface area (Å²) in [5, 5.41) is 2.66. The van der Waals surface area contributed by atoms with Crippen LogP contribution >= 0.6 is 0 Å². The third-order valence-corrected chi connectivity index (χ3v) is 4.75.